The molecule has 1 aromatic carbocycles. The first kappa shape index (κ1) is 17.1. The van der Waals surface area contributed by atoms with E-state index in [0.717, 1.165) is 11.8 Å². The van der Waals surface area contributed by atoms with Gasteiger partial charge in [0.15, 0.2) is 5.76 Å². The average Bonchev–Trinajstić information content (AvgIpc) is 3.03. The van der Waals surface area contributed by atoms with Crippen molar-refractivity contribution < 1.29 is 19.1 Å². The highest BCUT2D eigenvalue weighted by Crippen LogP contribution is 2.25. The molecule has 2 atom stereocenters. The van der Waals surface area contributed by atoms with Crippen LogP contribution in [0.1, 0.15) is 46.2 Å². The number of hydrogen-bond acceptors (Lipinski definition) is 3. The number of benzene rings is 1. The minimum absolute atomic E-state index is 0.0139. The standard InChI is InChI=1S/C17H18ClNO4/c1-10(12-4-6-14(18)7-5-12)11(2)19(3)16(20)15-8-13(9-23-15)17(21)22/h4-11H,1-3H3,(H,21,22). The van der Waals surface area contributed by atoms with Crippen molar-refractivity contribution in [2.75, 3.05) is 7.05 Å². The highest BCUT2D eigenvalue weighted by molar-refractivity contribution is 6.30. The summed E-state index contributed by atoms with van der Waals surface area (Å²) in [6, 6.07) is 8.61. The van der Waals surface area contributed by atoms with Gasteiger partial charge in [-0.1, -0.05) is 30.7 Å². The lowest BCUT2D eigenvalue weighted by Gasteiger charge is -2.29. The zero-order valence-electron chi connectivity index (χ0n) is 13.1. The van der Waals surface area contributed by atoms with Crippen LogP contribution < -0.4 is 0 Å². The minimum Gasteiger partial charge on any atom is -0.478 e. The molecule has 1 amide bonds. The molecular formula is C17H18ClNO4. The van der Waals surface area contributed by atoms with Gasteiger partial charge in [0.1, 0.15) is 6.26 Å². The van der Waals surface area contributed by atoms with Crippen LogP contribution in [-0.2, 0) is 0 Å². The molecule has 0 bridgehead atoms. The molecule has 6 heteroatoms. The summed E-state index contributed by atoms with van der Waals surface area (Å²) in [6.45, 7) is 3.95. The topological polar surface area (TPSA) is 70.8 Å². The van der Waals surface area contributed by atoms with Gasteiger partial charge in [-0.15, -0.1) is 0 Å². The van der Waals surface area contributed by atoms with E-state index in [2.05, 4.69) is 0 Å². The Balaban J connectivity index is 2.14. The highest BCUT2D eigenvalue weighted by Gasteiger charge is 2.26. The van der Waals surface area contributed by atoms with E-state index in [-0.39, 0.29) is 29.2 Å². The first-order valence-electron chi connectivity index (χ1n) is 7.15. The molecule has 0 saturated carbocycles. The summed E-state index contributed by atoms with van der Waals surface area (Å²) in [5.41, 5.74) is 1.02. The molecule has 2 aromatic rings. The molecule has 1 heterocycles. The van der Waals surface area contributed by atoms with Crippen molar-refractivity contribution in [3.63, 3.8) is 0 Å². The molecular weight excluding hydrogens is 318 g/mol. The molecule has 5 nitrogen and oxygen atoms in total. The lowest BCUT2D eigenvalue weighted by Crippen LogP contribution is -2.38. The second-order valence-electron chi connectivity index (χ2n) is 5.50. The number of carbonyl (C=O) groups excluding carboxylic acids is 1. The Bertz CT molecular complexity index is 708. The van der Waals surface area contributed by atoms with E-state index in [4.69, 9.17) is 21.1 Å². The van der Waals surface area contributed by atoms with Gasteiger partial charge in [-0.2, -0.15) is 0 Å². The van der Waals surface area contributed by atoms with E-state index >= 15 is 0 Å². The number of likely N-dealkylation sites (N-methyl/N-ethyl adjacent to an activating group) is 1. The molecule has 1 N–H and O–H groups in total. The van der Waals surface area contributed by atoms with Crippen LogP contribution in [0.15, 0.2) is 41.0 Å². The number of nitrogens with zero attached hydrogens (tertiary/aromatic N) is 1. The molecule has 0 aliphatic heterocycles. The highest BCUT2D eigenvalue weighted by atomic mass is 35.5. The molecule has 0 fully saturated rings. The first-order chi connectivity index (χ1) is 10.8. The maximum atomic E-state index is 12.4. The number of rotatable bonds is 5. The summed E-state index contributed by atoms with van der Waals surface area (Å²) < 4.78 is 5.07. The van der Waals surface area contributed by atoms with E-state index in [1.54, 1.807) is 11.9 Å². The number of amides is 1. The summed E-state index contributed by atoms with van der Waals surface area (Å²) in [5.74, 6) is -1.39. The molecule has 1 aromatic heterocycles. The van der Waals surface area contributed by atoms with E-state index in [0.29, 0.717) is 5.02 Å². The lowest BCUT2D eigenvalue weighted by atomic mass is 9.93. The van der Waals surface area contributed by atoms with Gasteiger partial charge < -0.3 is 14.4 Å². The van der Waals surface area contributed by atoms with Crippen LogP contribution in [0.4, 0.5) is 0 Å². The Labute approximate surface area is 139 Å². The smallest absolute Gasteiger partial charge is 0.338 e. The predicted molar refractivity (Wildman–Crippen MR) is 87.1 cm³/mol. The maximum Gasteiger partial charge on any atom is 0.338 e. The van der Waals surface area contributed by atoms with Crippen molar-refractivity contribution in [1.29, 1.82) is 0 Å². The number of halogens is 1. The molecule has 0 spiro atoms. The molecule has 23 heavy (non-hydrogen) atoms. The van der Waals surface area contributed by atoms with Gasteiger partial charge in [-0.3, -0.25) is 4.79 Å². The van der Waals surface area contributed by atoms with E-state index in [9.17, 15) is 9.59 Å². The Kier molecular flexibility index (Phi) is 5.11. The Hall–Kier alpha value is -2.27. The third kappa shape index (κ3) is 3.74. The van der Waals surface area contributed by atoms with E-state index < -0.39 is 5.97 Å². The Morgan fingerprint density at radius 2 is 1.83 bits per heavy atom. The molecule has 0 aliphatic rings. The SMILES string of the molecule is CC(c1ccc(Cl)cc1)C(C)N(C)C(=O)c1cc(C(=O)O)co1. The van der Waals surface area contributed by atoms with Crippen LogP contribution in [0.2, 0.25) is 5.02 Å². The normalized spacial score (nSPS) is 13.4. The van der Waals surface area contributed by atoms with Crippen LogP contribution in [-0.4, -0.2) is 35.0 Å². The summed E-state index contributed by atoms with van der Waals surface area (Å²) in [7, 11) is 1.67. The van der Waals surface area contributed by atoms with Gasteiger partial charge in [-0.05, 0) is 24.6 Å². The molecule has 122 valence electrons. The molecule has 2 rings (SSSR count). The van der Waals surface area contributed by atoms with Crippen LogP contribution >= 0.6 is 11.6 Å². The lowest BCUT2D eigenvalue weighted by molar-refractivity contribution is 0.0686. The largest absolute Gasteiger partial charge is 0.478 e. The quantitative estimate of drug-likeness (QED) is 0.899. The van der Waals surface area contributed by atoms with Gasteiger partial charge >= 0.3 is 5.97 Å². The molecule has 0 radical (unpaired) electrons. The molecule has 0 saturated heterocycles. The van der Waals surface area contributed by atoms with Crippen molar-refractivity contribution in [2.45, 2.75) is 25.8 Å². The fraction of sp³-hybridized carbons (Fsp3) is 0.294. The number of furan rings is 1. The number of carboxylic acid groups (broad SMARTS) is 1. The number of aromatic carboxylic acids is 1. The number of carboxylic acids is 1. The zero-order valence-corrected chi connectivity index (χ0v) is 13.9. The van der Waals surface area contributed by atoms with Crippen molar-refractivity contribution in [2.24, 2.45) is 0 Å². The minimum atomic E-state index is -1.13. The molecule has 2 unspecified atom stereocenters. The third-order valence-electron chi connectivity index (χ3n) is 4.11. The number of hydrogen-bond donors (Lipinski definition) is 1. The fourth-order valence-corrected chi connectivity index (χ4v) is 2.43. The summed E-state index contributed by atoms with van der Waals surface area (Å²) in [4.78, 5) is 24.8. The maximum absolute atomic E-state index is 12.4. The van der Waals surface area contributed by atoms with Crippen molar-refractivity contribution in [3.8, 4) is 0 Å². The van der Waals surface area contributed by atoms with E-state index in [1.807, 2.05) is 38.1 Å². The second kappa shape index (κ2) is 6.87. The van der Waals surface area contributed by atoms with Gasteiger partial charge in [-0.25, -0.2) is 4.79 Å². The van der Waals surface area contributed by atoms with E-state index in [1.165, 1.54) is 6.07 Å². The van der Waals surface area contributed by atoms with Crippen molar-refractivity contribution in [1.82, 2.24) is 4.90 Å². The van der Waals surface area contributed by atoms with Crippen molar-refractivity contribution >= 4 is 23.5 Å². The Morgan fingerprint density at radius 1 is 1.22 bits per heavy atom. The monoisotopic (exact) mass is 335 g/mol. The van der Waals surface area contributed by atoms with Gasteiger partial charge in [0, 0.05) is 30.1 Å². The van der Waals surface area contributed by atoms with Crippen LogP contribution in [0.25, 0.3) is 0 Å². The summed E-state index contributed by atoms with van der Waals surface area (Å²) in [5, 5.41) is 9.55. The van der Waals surface area contributed by atoms with Gasteiger partial charge in [0.25, 0.3) is 5.91 Å². The zero-order chi connectivity index (χ0) is 17.1. The van der Waals surface area contributed by atoms with Crippen molar-refractivity contribution in [3.05, 3.63) is 58.5 Å². The second-order valence-corrected chi connectivity index (χ2v) is 5.94. The van der Waals surface area contributed by atoms with Crippen LogP contribution in [0.3, 0.4) is 0 Å². The third-order valence-corrected chi connectivity index (χ3v) is 4.36. The van der Waals surface area contributed by atoms with Gasteiger partial charge in [0.2, 0.25) is 0 Å². The summed E-state index contributed by atoms with van der Waals surface area (Å²) in [6.07, 6.45) is 1.07. The van der Waals surface area contributed by atoms with Gasteiger partial charge in [0.05, 0.1) is 5.56 Å². The van der Waals surface area contributed by atoms with Crippen LogP contribution in [0.5, 0.6) is 0 Å². The number of carbonyl (C=O) groups is 2. The average molecular weight is 336 g/mol. The fourth-order valence-electron chi connectivity index (χ4n) is 2.30. The Morgan fingerprint density at radius 3 is 2.35 bits per heavy atom. The summed E-state index contributed by atoms with van der Waals surface area (Å²) >= 11 is 5.89. The van der Waals surface area contributed by atoms with Crippen LogP contribution in [0, 0.1) is 0 Å². The predicted octanol–water partition coefficient (Wildman–Crippen LogP) is 3.90. The first-order valence-corrected chi connectivity index (χ1v) is 7.53. The molecule has 0 aliphatic carbocycles.